The Labute approximate surface area is 308 Å². The smallest absolute Gasteiger partial charge is 0.306 e. The van der Waals surface area contributed by atoms with E-state index in [0.29, 0.717) is 17.4 Å². The molecule has 0 bridgehead atoms. The summed E-state index contributed by atoms with van der Waals surface area (Å²) in [5, 5.41) is 0. The third kappa shape index (κ3) is 36.8. The first-order chi connectivity index (χ1) is 24.0. The number of esters is 2. The molecule has 0 radical (unpaired) electrons. The van der Waals surface area contributed by atoms with Gasteiger partial charge in [0, 0.05) is 12.8 Å². The largest absolute Gasteiger partial charge is 0.756 e. The maximum Gasteiger partial charge on any atom is 0.306 e. The SMILES string of the molecule is CCCCCCCCCCCCCCCCC(=O)OCC(COP(=O)([O-])OCC[N+](C)(C)C)OC(=O)CCCCCCCCCCCCCC. The van der Waals surface area contributed by atoms with E-state index in [4.69, 9.17) is 18.5 Å². The monoisotopic (exact) mass is 734 g/mol. The average molecular weight is 734 g/mol. The van der Waals surface area contributed by atoms with Crippen LogP contribution in [0.2, 0.25) is 0 Å². The number of ether oxygens (including phenoxy) is 2. The van der Waals surface area contributed by atoms with E-state index in [2.05, 4.69) is 13.8 Å². The number of hydrogen-bond acceptors (Lipinski definition) is 8. The van der Waals surface area contributed by atoms with E-state index in [0.717, 1.165) is 32.1 Å². The number of phosphoric ester groups is 1. The summed E-state index contributed by atoms with van der Waals surface area (Å²) >= 11 is 0. The summed E-state index contributed by atoms with van der Waals surface area (Å²) in [6.45, 7) is 4.24. The topological polar surface area (TPSA) is 111 Å². The third-order valence-corrected chi connectivity index (χ3v) is 10.1. The van der Waals surface area contributed by atoms with Crippen LogP contribution >= 0.6 is 7.82 Å². The van der Waals surface area contributed by atoms with Crippen LogP contribution in [-0.2, 0) is 32.7 Å². The normalized spacial score (nSPS) is 13.6. The lowest BCUT2D eigenvalue weighted by molar-refractivity contribution is -0.870. The number of quaternary nitrogens is 1. The van der Waals surface area contributed by atoms with Gasteiger partial charge >= 0.3 is 11.9 Å². The van der Waals surface area contributed by atoms with Crippen LogP contribution in [0.25, 0.3) is 0 Å². The molecule has 0 aromatic carbocycles. The molecule has 2 atom stereocenters. The molecule has 9 nitrogen and oxygen atoms in total. The van der Waals surface area contributed by atoms with Crippen molar-refractivity contribution in [2.75, 3.05) is 47.5 Å². The number of hydrogen-bond donors (Lipinski definition) is 0. The molecule has 0 spiro atoms. The van der Waals surface area contributed by atoms with Gasteiger partial charge in [0.05, 0.1) is 27.7 Å². The first-order valence-electron chi connectivity index (χ1n) is 20.7. The maximum absolute atomic E-state index is 12.6. The molecule has 0 saturated heterocycles. The second-order valence-electron chi connectivity index (χ2n) is 15.4. The summed E-state index contributed by atoms with van der Waals surface area (Å²) in [5.74, 6) is -0.823. The van der Waals surface area contributed by atoms with Gasteiger partial charge in [-0.25, -0.2) is 0 Å². The van der Waals surface area contributed by atoms with E-state index >= 15 is 0 Å². The Bertz CT molecular complexity index is 835. The summed E-state index contributed by atoms with van der Waals surface area (Å²) in [7, 11) is 1.18. The molecule has 0 saturated carbocycles. The molecule has 0 aromatic heterocycles. The number of unbranched alkanes of at least 4 members (excludes halogenated alkanes) is 24. The predicted octanol–water partition coefficient (Wildman–Crippen LogP) is 10.6. The highest BCUT2D eigenvalue weighted by atomic mass is 31.2. The van der Waals surface area contributed by atoms with Crippen molar-refractivity contribution in [2.45, 2.75) is 200 Å². The van der Waals surface area contributed by atoms with Crippen LogP contribution in [0.4, 0.5) is 0 Å². The van der Waals surface area contributed by atoms with E-state index in [9.17, 15) is 19.0 Å². The van der Waals surface area contributed by atoms with Gasteiger partial charge in [0.25, 0.3) is 7.82 Å². The van der Waals surface area contributed by atoms with Crippen LogP contribution in [-0.4, -0.2) is 70.0 Å². The summed E-state index contributed by atoms with van der Waals surface area (Å²) in [4.78, 5) is 37.4. The molecule has 2 unspecified atom stereocenters. The zero-order valence-corrected chi connectivity index (χ0v) is 34.3. The summed E-state index contributed by atoms with van der Waals surface area (Å²) < 4.78 is 33.8. The lowest BCUT2D eigenvalue weighted by atomic mass is 10.0. The zero-order chi connectivity index (χ0) is 37.2. The minimum absolute atomic E-state index is 0.0259. The van der Waals surface area contributed by atoms with Gasteiger partial charge in [-0.1, -0.05) is 168 Å². The molecule has 0 aliphatic rings. The second-order valence-corrected chi connectivity index (χ2v) is 16.8. The van der Waals surface area contributed by atoms with Crippen LogP contribution in [0.15, 0.2) is 0 Å². The highest BCUT2D eigenvalue weighted by molar-refractivity contribution is 7.45. The molecule has 0 rings (SSSR count). The molecule has 0 amide bonds. The van der Waals surface area contributed by atoms with Crippen molar-refractivity contribution >= 4 is 19.8 Å². The molecule has 50 heavy (non-hydrogen) atoms. The molecule has 0 aliphatic carbocycles. The fourth-order valence-electron chi connectivity index (χ4n) is 5.83. The molecule has 0 aromatic rings. The first-order valence-corrected chi connectivity index (χ1v) is 22.2. The van der Waals surface area contributed by atoms with E-state index in [1.165, 1.54) is 128 Å². The molecule has 10 heteroatoms. The number of nitrogens with zero attached hydrogens (tertiary/aromatic N) is 1. The van der Waals surface area contributed by atoms with Crippen molar-refractivity contribution in [2.24, 2.45) is 0 Å². The highest BCUT2D eigenvalue weighted by Crippen LogP contribution is 2.38. The van der Waals surface area contributed by atoms with Crippen LogP contribution in [0.5, 0.6) is 0 Å². The Balaban J connectivity index is 4.35. The average Bonchev–Trinajstić information content (AvgIpc) is 3.06. The molecular weight excluding hydrogens is 653 g/mol. The van der Waals surface area contributed by atoms with Gasteiger partial charge in [0.15, 0.2) is 6.10 Å². The van der Waals surface area contributed by atoms with Gasteiger partial charge < -0.3 is 27.9 Å². The van der Waals surface area contributed by atoms with Gasteiger partial charge in [-0.05, 0) is 12.8 Å². The highest BCUT2D eigenvalue weighted by Gasteiger charge is 2.21. The lowest BCUT2D eigenvalue weighted by Crippen LogP contribution is -2.37. The number of carbonyl (C=O) groups is 2. The summed E-state index contributed by atoms with van der Waals surface area (Å²) in [6, 6.07) is 0. The maximum atomic E-state index is 12.6. The Kier molecular flexibility index (Phi) is 33.2. The standard InChI is InChI=1S/C40H80NO8P/c1-6-8-10-12-14-16-18-20-21-23-24-26-28-30-32-39(42)46-36-38(37-48-50(44,45)47-35-34-41(3,4)5)49-40(43)33-31-29-27-25-22-19-17-15-13-11-9-7-2/h38H,6-37H2,1-5H3. The van der Waals surface area contributed by atoms with Crippen molar-refractivity contribution in [1.82, 2.24) is 0 Å². The lowest BCUT2D eigenvalue weighted by Gasteiger charge is -2.28. The van der Waals surface area contributed by atoms with Crippen LogP contribution in [0.1, 0.15) is 194 Å². The molecule has 0 heterocycles. The van der Waals surface area contributed by atoms with Crippen molar-refractivity contribution in [1.29, 1.82) is 0 Å². The quantitative estimate of drug-likeness (QED) is 0.0267. The minimum Gasteiger partial charge on any atom is -0.756 e. The molecule has 0 N–H and O–H groups in total. The number of rotatable bonds is 38. The number of phosphoric acid groups is 1. The minimum atomic E-state index is -4.61. The van der Waals surface area contributed by atoms with Crippen LogP contribution in [0.3, 0.4) is 0 Å². The Hall–Kier alpha value is -0.990. The van der Waals surface area contributed by atoms with Gasteiger partial charge in [0.2, 0.25) is 0 Å². The fourth-order valence-corrected chi connectivity index (χ4v) is 6.56. The molecule has 298 valence electrons. The Morgan fingerprint density at radius 3 is 1.28 bits per heavy atom. The van der Waals surface area contributed by atoms with Gasteiger partial charge in [-0.15, -0.1) is 0 Å². The number of likely N-dealkylation sites (N-methyl/N-ethyl adjacent to an activating group) is 1. The van der Waals surface area contributed by atoms with Crippen molar-refractivity contribution in [3.8, 4) is 0 Å². The van der Waals surface area contributed by atoms with Gasteiger partial charge in [-0.2, -0.15) is 0 Å². The third-order valence-electron chi connectivity index (χ3n) is 9.13. The first kappa shape index (κ1) is 49.0. The van der Waals surface area contributed by atoms with E-state index in [1.54, 1.807) is 0 Å². The fraction of sp³-hybridized carbons (Fsp3) is 0.950. The Morgan fingerprint density at radius 2 is 0.900 bits per heavy atom. The van der Waals surface area contributed by atoms with E-state index in [1.807, 2.05) is 21.1 Å². The molecule has 0 fully saturated rings. The number of carbonyl (C=O) groups excluding carboxylic acids is 2. The predicted molar refractivity (Wildman–Crippen MR) is 204 cm³/mol. The van der Waals surface area contributed by atoms with Gasteiger partial charge in [0.1, 0.15) is 19.8 Å². The molecule has 0 aliphatic heterocycles. The summed E-state index contributed by atoms with van der Waals surface area (Å²) in [5.41, 5.74) is 0. The van der Waals surface area contributed by atoms with Crippen molar-refractivity contribution in [3.63, 3.8) is 0 Å². The Morgan fingerprint density at radius 1 is 0.540 bits per heavy atom. The van der Waals surface area contributed by atoms with Crippen molar-refractivity contribution in [3.05, 3.63) is 0 Å². The van der Waals surface area contributed by atoms with Crippen molar-refractivity contribution < 1.29 is 42.1 Å². The van der Waals surface area contributed by atoms with E-state index < -0.39 is 26.5 Å². The van der Waals surface area contributed by atoms with E-state index in [-0.39, 0.29) is 32.0 Å². The molecular formula is C40H80NO8P. The second kappa shape index (κ2) is 33.8. The van der Waals surface area contributed by atoms with Gasteiger partial charge in [-0.3, -0.25) is 14.2 Å². The zero-order valence-electron chi connectivity index (χ0n) is 33.4. The summed E-state index contributed by atoms with van der Waals surface area (Å²) in [6.07, 6.45) is 31.2. The van der Waals surface area contributed by atoms with Crippen LogP contribution in [0, 0.1) is 0 Å². The van der Waals surface area contributed by atoms with Crippen LogP contribution < -0.4 is 4.89 Å².